The number of anilines is 1. The van der Waals surface area contributed by atoms with Gasteiger partial charge in [-0.25, -0.2) is 0 Å². The largest absolute Gasteiger partial charge is 0.384 e. The van der Waals surface area contributed by atoms with E-state index in [9.17, 15) is 10.1 Å². The third-order valence-corrected chi connectivity index (χ3v) is 3.77. The van der Waals surface area contributed by atoms with Crippen molar-refractivity contribution in [3.63, 3.8) is 0 Å². The van der Waals surface area contributed by atoms with Gasteiger partial charge in [-0.1, -0.05) is 19.4 Å². The van der Waals surface area contributed by atoms with Crippen molar-refractivity contribution in [3.8, 4) is 0 Å². The summed E-state index contributed by atoms with van der Waals surface area (Å²) in [4.78, 5) is 10.5. The maximum atomic E-state index is 10.8. The number of nitrogens with zero attached hydrogens (tertiary/aromatic N) is 1. The number of hydrogen-bond donors (Lipinski definition) is 1. The van der Waals surface area contributed by atoms with Crippen LogP contribution in [0.5, 0.6) is 0 Å². The monoisotopic (exact) mass is 234 g/mol. The number of benzene rings is 1. The minimum absolute atomic E-state index is 0.189. The van der Waals surface area contributed by atoms with Crippen molar-refractivity contribution in [2.45, 2.75) is 33.1 Å². The predicted molar refractivity (Wildman–Crippen MR) is 68.3 cm³/mol. The van der Waals surface area contributed by atoms with Crippen LogP contribution >= 0.6 is 0 Å². The highest BCUT2D eigenvalue weighted by atomic mass is 16.6. The standard InChI is InChI=1S/C13H18N2O2/c1-10-11(5-3-6-12(10)15(16)17)14-9-13(2)7-4-8-13/h3,5-6,14H,4,7-9H2,1-2H3. The van der Waals surface area contributed by atoms with Gasteiger partial charge in [-0.05, 0) is 31.2 Å². The Kier molecular flexibility index (Phi) is 3.05. The Morgan fingerprint density at radius 3 is 2.71 bits per heavy atom. The maximum Gasteiger partial charge on any atom is 0.274 e. The molecule has 92 valence electrons. The van der Waals surface area contributed by atoms with Gasteiger partial charge in [0.1, 0.15) is 0 Å². The van der Waals surface area contributed by atoms with Crippen LogP contribution in [0, 0.1) is 22.5 Å². The van der Waals surface area contributed by atoms with Crippen LogP contribution in [-0.2, 0) is 0 Å². The van der Waals surface area contributed by atoms with E-state index >= 15 is 0 Å². The van der Waals surface area contributed by atoms with E-state index in [1.807, 2.05) is 6.07 Å². The normalized spacial score (nSPS) is 17.3. The fourth-order valence-electron chi connectivity index (χ4n) is 2.28. The summed E-state index contributed by atoms with van der Waals surface area (Å²) in [6, 6.07) is 5.19. The number of nitro groups is 1. The highest BCUT2D eigenvalue weighted by molar-refractivity contribution is 5.59. The SMILES string of the molecule is Cc1c(NCC2(C)CCC2)cccc1[N+](=O)[O-]. The topological polar surface area (TPSA) is 55.2 Å². The molecule has 0 spiro atoms. The molecule has 0 amide bonds. The first-order chi connectivity index (χ1) is 8.02. The Labute approximate surface area is 101 Å². The molecular formula is C13H18N2O2. The Morgan fingerprint density at radius 1 is 1.47 bits per heavy atom. The summed E-state index contributed by atoms with van der Waals surface area (Å²) >= 11 is 0. The molecule has 0 bridgehead atoms. The summed E-state index contributed by atoms with van der Waals surface area (Å²) in [6.45, 7) is 4.95. The van der Waals surface area contributed by atoms with Gasteiger partial charge in [-0.3, -0.25) is 10.1 Å². The third-order valence-electron chi connectivity index (χ3n) is 3.77. The first-order valence-electron chi connectivity index (χ1n) is 6.00. The maximum absolute atomic E-state index is 10.8. The first kappa shape index (κ1) is 11.9. The van der Waals surface area contributed by atoms with Crippen LogP contribution in [-0.4, -0.2) is 11.5 Å². The van der Waals surface area contributed by atoms with Crippen molar-refractivity contribution in [2.24, 2.45) is 5.41 Å². The van der Waals surface area contributed by atoms with Crippen molar-refractivity contribution >= 4 is 11.4 Å². The highest BCUT2D eigenvalue weighted by Gasteiger charge is 2.31. The van der Waals surface area contributed by atoms with Crippen LogP contribution < -0.4 is 5.32 Å². The zero-order chi connectivity index (χ0) is 12.5. The fraction of sp³-hybridized carbons (Fsp3) is 0.538. The van der Waals surface area contributed by atoms with Crippen molar-refractivity contribution in [1.82, 2.24) is 0 Å². The molecular weight excluding hydrogens is 216 g/mol. The fourth-order valence-corrected chi connectivity index (χ4v) is 2.28. The van der Waals surface area contributed by atoms with Gasteiger partial charge in [-0.15, -0.1) is 0 Å². The average Bonchev–Trinajstić information content (AvgIpc) is 2.25. The second-order valence-electron chi connectivity index (χ2n) is 5.22. The number of nitrogens with one attached hydrogen (secondary N) is 1. The lowest BCUT2D eigenvalue weighted by molar-refractivity contribution is -0.385. The average molecular weight is 234 g/mol. The molecule has 4 nitrogen and oxygen atoms in total. The van der Waals surface area contributed by atoms with Crippen molar-refractivity contribution < 1.29 is 4.92 Å². The van der Waals surface area contributed by atoms with E-state index in [2.05, 4.69) is 12.2 Å². The Morgan fingerprint density at radius 2 is 2.18 bits per heavy atom. The van der Waals surface area contributed by atoms with E-state index in [-0.39, 0.29) is 10.6 Å². The molecule has 1 aromatic rings. The van der Waals surface area contributed by atoms with E-state index in [1.54, 1.807) is 19.1 Å². The Bertz CT molecular complexity index is 439. The molecule has 2 rings (SSSR count). The van der Waals surface area contributed by atoms with Gasteiger partial charge >= 0.3 is 0 Å². The first-order valence-corrected chi connectivity index (χ1v) is 6.00. The summed E-state index contributed by atoms with van der Waals surface area (Å²) in [5.74, 6) is 0. The van der Waals surface area contributed by atoms with Crippen molar-refractivity contribution in [1.29, 1.82) is 0 Å². The number of nitro benzene ring substituents is 1. The predicted octanol–water partition coefficient (Wildman–Crippen LogP) is 3.51. The van der Waals surface area contributed by atoms with E-state index in [0.29, 0.717) is 5.41 Å². The minimum atomic E-state index is -0.328. The Hall–Kier alpha value is -1.58. The molecule has 0 aliphatic heterocycles. The van der Waals surface area contributed by atoms with E-state index in [4.69, 9.17) is 0 Å². The zero-order valence-corrected chi connectivity index (χ0v) is 10.3. The van der Waals surface area contributed by atoms with Crippen LogP contribution in [0.2, 0.25) is 0 Å². The van der Waals surface area contributed by atoms with Gasteiger partial charge in [-0.2, -0.15) is 0 Å². The smallest absolute Gasteiger partial charge is 0.274 e. The van der Waals surface area contributed by atoms with Crippen LogP contribution in [0.1, 0.15) is 31.7 Å². The summed E-state index contributed by atoms with van der Waals surface area (Å²) in [5.41, 5.74) is 2.17. The highest BCUT2D eigenvalue weighted by Crippen LogP contribution is 2.40. The number of rotatable bonds is 4. The molecule has 0 saturated heterocycles. The Balaban J connectivity index is 2.10. The minimum Gasteiger partial charge on any atom is -0.384 e. The molecule has 0 radical (unpaired) electrons. The van der Waals surface area contributed by atoms with Gasteiger partial charge < -0.3 is 5.32 Å². The molecule has 17 heavy (non-hydrogen) atoms. The molecule has 0 unspecified atom stereocenters. The molecule has 1 N–H and O–H groups in total. The van der Waals surface area contributed by atoms with Crippen LogP contribution in [0.3, 0.4) is 0 Å². The second-order valence-corrected chi connectivity index (χ2v) is 5.22. The third kappa shape index (κ3) is 2.40. The quantitative estimate of drug-likeness (QED) is 0.640. The van der Waals surface area contributed by atoms with Crippen LogP contribution in [0.4, 0.5) is 11.4 Å². The van der Waals surface area contributed by atoms with Crippen LogP contribution in [0.15, 0.2) is 18.2 Å². The van der Waals surface area contributed by atoms with Gasteiger partial charge in [0.15, 0.2) is 0 Å². The molecule has 0 heterocycles. The second kappa shape index (κ2) is 4.35. The molecule has 4 heteroatoms. The lowest BCUT2D eigenvalue weighted by Crippen LogP contribution is -2.33. The molecule has 0 aromatic heterocycles. The van der Waals surface area contributed by atoms with Gasteiger partial charge in [0.05, 0.1) is 4.92 Å². The molecule has 1 saturated carbocycles. The lowest BCUT2D eigenvalue weighted by Gasteiger charge is -2.38. The summed E-state index contributed by atoms with van der Waals surface area (Å²) in [7, 11) is 0. The van der Waals surface area contributed by atoms with E-state index in [0.717, 1.165) is 17.8 Å². The van der Waals surface area contributed by atoms with Gasteiger partial charge in [0.2, 0.25) is 0 Å². The van der Waals surface area contributed by atoms with Gasteiger partial charge in [0.25, 0.3) is 5.69 Å². The summed E-state index contributed by atoms with van der Waals surface area (Å²) < 4.78 is 0. The molecule has 1 aliphatic carbocycles. The molecule has 1 fully saturated rings. The lowest BCUT2D eigenvalue weighted by atomic mass is 9.70. The molecule has 1 aliphatic rings. The number of hydrogen-bond acceptors (Lipinski definition) is 3. The van der Waals surface area contributed by atoms with Crippen molar-refractivity contribution in [2.75, 3.05) is 11.9 Å². The summed E-state index contributed by atoms with van der Waals surface area (Å²) in [5, 5.41) is 14.2. The summed E-state index contributed by atoms with van der Waals surface area (Å²) in [6.07, 6.45) is 3.79. The van der Waals surface area contributed by atoms with Gasteiger partial charge in [0, 0.05) is 23.9 Å². The van der Waals surface area contributed by atoms with Crippen LogP contribution in [0.25, 0.3) is 0 Å². The molecule has 0 atom stereocenters. The zero-order valence-electron chi connectivity index (χ0n) is 10.3. The van der Waals surface area contributed by atoms with Crippen molar-refractivity contribution in [3.05, 3.63) is 33.9 Å². The van der Waals surface area contributed by atoms with E-state index in [1.165, 1.54) is 19.3 Å². The molecule has 1 aromatic carbocycles. The van der Waals surface area contributed by atoms with E-state index < -0.39 is 0 Å².